The van der Waals surface area contributed by atoms with Crippen molar-refractivity contribution in [1.82, 2.24) is 10.0 Å². The van der Waals surface area contributed by atoms with Gasteiger partial charge >= 0.3 is 0 Å². The quantitative estimate of drug-likeness (QED) is 0.422. The zero-order valence-corrected chi connectivity index (χ0v) is 19.6. The van der Waals surface area contributed by atoms with Gasteiger partial charge in [-0.1, -0.05) is 48.0 Å². The SMILES string of the molecule is CC(Sc1ccccc1Cl)C(=O)NCc1cccc(S(=O)(=O)NCc2cccc(F)c2)c1. The molecule has 3 rings (SSSR count). The lowest BCUT2D eigenvalue weighted by molar-refractivity contribution is -0.120. The van der Waals surface area contributed by atoms with Crippen LogP contribution in [0.4, 0.5) is 4.39 Å². The Morgan fingerprint density at radius 2 is 1.69 bits per heavy atom. The molecule has 3 aromatic rings. The van der Waals surface area contributed by atoms with Gasteiger partial charge < -0.3 is 5.32 Å². The summed E-state index contributed by atoms with van der Waals surface area (Å²) >= 11 is 7.49. The van der Waals surface area contributed by atoms with Gasteiger partial charge in [-0.15, -0.1) is 11.8 Å². The number of thioether (sulfide) groups is 1. The molecular weight excluding hydrogens is 471 g/mol. The third-order valence-electron chi connectivity index (χ3n) is 4.54. The lowest BCUT2D eigenvalue weighted by Crippen LogP contribution is -2.30. The number of nitrogens with one attached hydrogen (secondary N) is 2. The number of hydrogen-bond acceptors (Lipinski definition) is 4. The van der Waals surface area contributed by atoms with Crippen molar-refractivity contribution in [2.24, 2.45) is 0 Å². The van der Waals surface area contributed by atoms with Gasteiger partial charge in [0.2, 0.25) is 15.9 Å². The molecule has 0 aliphatic carbocycles. The third kappa shape index (κ3) is 6.80. The average Bonchev–Trinajstić information content (AvgIpc) is 2.78. The first-order valence-electron chi connectivity index (χ1n) is 9.76. The van der Waals surface area contributed by atoms with Gasteiger partial charge in [0, 0.05) is 18.0 Å². The Balaban J connectivity index is 1.59. The number of benzene rings is 3. The van der Waals surface area contributed by atoms with E-state index in [1.807, 2.05) is 18.2 Å². The van der Waals surface area contributed by atoms with Crippen LogP contribution in [0.5, 0.6) is 0 Å². The molecule has 0 aliphatic heterocycles. The van der Waals surface area contributed by atoms with Gasteiger partial charge in [-0.3, -0.25) is 4.79 Å². The Morgan fingerprint density at radius 3 is 2.41 bits per heavy atom. The highest BCUT2D eigenvalue weighted by Gasteiger charge is 2.17. The fourth-order valence-electron chi connectivity index (χ4n) is 2.85. The molecule has 1 unspecified atom stereocenters. The predicted octanol–water partition coefficient (Wildman–Crippen LogP) is 4.75. The second-order valence-corrected chi connectivity index (χ2v) is 10.6. The summed E-state index contributed by atoms with van der Waals surface area (Å²) in [5, 5.41) is 3.03. The second-order valence-electron chi connectivity index (χ2n) is 7.01. The molecule has 0 saturated carbocycles. The molecule has 0 aromatic heterocycles. The molecule has 3 aromatic carbocycles. The minimum Gasteiger partial charge on any atom is -0.351 e. The van der Waals surface area contributed by atoms with E-state index in [4.69, 9.17) is 11.6 Å². The Labute approximate surface area is 196 Å². The van der Waals surface area contributed by atoms with Crippen molar-refractivity contribution in [3.8, 4) is 0 Å². The van der Waals surface area contributed by atoms with E-state index in [1.165, 1.54) is 42.1 Å². The Morgan fingerprint density at radius 1 is 1.00 bits per heavy atom. The lowest BCUT2D eigenvalue weighted by Gasteiger charge is -2.13. The van der Waals surface area contributed by atoms with Crippen LogP contribution < -0.4 is 10.0 Å². The number of carbonyl (C=O) groups is 1. The zero-order valence-electron chi connectivity index (χ0n) is 17.2. The molecule has 0 fully saturated rings. The summed E-state index contributed by atoms with van der Waals surface area (Å²) in [6, 6.07) is 19.3. The van der Waals surface area contributed by atoms with E-state index < -0.39 is 15.8 Å². The molecule has 2 N–H and O–H groups in total. The van der Waals surface area contributed by atoms with Gasteiger partial charge in [0.05, 0.1) is 15.2 Å². The molecule has 1 atom stereocenters. The van der Waals surface area contributed by atoms with Crippen LogP contribution in [0, 0.1) is 5.82 Å². The van der Waals surface area contributed by atoms with E-state index in [2.05, 4.69) is 10.0 Å². The van der Waals surface area contributed by atoms with Crippen molar-refractivity contribution < 1.29 is 17.6 Å². The van der Waals surface area contributed by atoms with Crippen molar-refractivity contribution in [2.75, 3.05) is 0 Å². The molecule has 0 heterocycles. The van der Waals surface area contributed by atoms with Crippen LogP contribution in [0.1, 0.15) is 18.1 Å². The van der Waals surface area contributed by atoms with Crippen LogP contribution in [0.25, 0.3) is 0 Å². The van der Waals surface area contributed by atoms with E-state index in [-0.39, 0.29) is 29.1 Å². The molecule has 0 aliphatic rings. The summed E-state index contributed by atoms with van der Waals surface area (Å²) in [6.07, 6.45) is 0. The van der Waals surface area contributed by atoms with Gasteiger partial charge in [0.1, 0.15) is 5.82 Å². The van der Waals surface area contributed by atoms with Crippen LogP contribution in [0.15, 0.2) is 82.6 Å². The summed E-state index contributed by atoms with van der Waals surface area (Å²) in [7, 11) is -3.80. The average molecular weight is 493 g/mol. The highest BCUT2D eigenvalue weighted by Crippen LogP contribution is 2.30. The molecule has 9 heteroatoms. The maximum Gasteiger partial charge on any atom is 0.240 e. The number of rotatable bonds is 9. The maximum absolute atomic E-state index is 13.3. The lowest BCUT2D eigenvalue weighted by atomic mass is 10.2. The third-order valence-corrected chi connectivity index (χ3v) is 7.56. The monoisotopic (exact) mass is 492 g/mol. The number of amides is 1. The normalized spacial score (nSPS) is 12.3. The van der Waals surface area contributed by atoms with Crippen molar-refractivity contribution >= 4 is 39.3 Å². The molecule has 0 bridgehead atoms. The summed E-state index contributed by atoms with van der Waals surface area (Å²) in [5.41, 5.74) is 1.16. The van der Waals surface area contributed by atoms with Crippen LogP contribution in [-0.2, 0) is 27.9 Å². The fraction of sp³-hybridized carbons (Fsp3) is 0.174. The van der Waals surface area contributed by atoms with Gasteiger partial charge in [-0.05, 0) is 54.4 Å². The first-order valence-corrected chi connectivity index (χ1v) is 12.5. The van der Waals surface area contributed by atoms with E-state index in [9.17, 15) is 17.6 Å². The van der Waals surface area contributed by atoms with Gasteiger partial charge in [-0.25, -0.2) is 17.5 Å². The predicted molar refractivity (Wildman–Crippen MR) is 125 cm³/mol. The topological polar surface area (TPSA) is 75.3 Å². The molecular formula is C23H22ClFN2O3S2. The molecule has 32 heavy (non-hydrogen) atoms. The summed E-state index contributed by atoms with van der Waals surface area (Å²) in [4.78, 5) is 13.3. The highest BCUT2D eigenvalue weighted by atomic mass is 35.5. The maximum atomic E-state index is 13.3. The Kier molecular flexibility index (Phi) is 8.31. The number of carbonyl (C=O) groups excluding carboxylic acids is 1. The van der Waals surface area contributed by atoms with Gasteiger partial charge in [0.15, 0.2) is 0 Å². The Bertz CT molecular complexity index is 1210. The van der Waals surface area contributed by atoms with Gasteiger partial charge in [0.25, 0.3) is 0 Å². The fourth-order valence-corrected chi connectivity index (χ4v) is 5.11. The molecule has 1 amide bonds. The summed E-state index contributed by atoms with van der Waals surface area (Å²) in [6.45, 7) is 1.93. The van der Waals surface area contributed by atoms with E-state index in [0.29, 0.717) is 16.1 Å². The van der Waals surface area contributed by atoms with E-state index >= 15 is 0 Å². The largest absolute Gasteiger partial charge is 0.351 e. The number of halogens is 2. The minimum atomic E-state index is -3.80. The molecule has 0 spiro atoms. The molecule has 5 nitrogen and oxygen atoms in total. The van der Waals surface area contributed by atoms with Crippen LogP contribution in [0.3, 0.4) is 0 Å². The second kappa shape index (κ2) is 11.0. The minimum absolute atomic E-state index is 0.0299. The van der Waals surface area contributed by atoms with Gasteiger partial charge in [-0.2, -0.15) is 0 Å². The summed E-state index contributed by atoms with van der Waals surface area (Å²) in [5.74, 6) is -0.617. The van der Waals surface area contributed by atoms with Crippen LogP contribution in [0.2, 0.25) is 5.02 Å². The van der Waals surface area contributed by atoms with Crippen LogP contribution >= 0.6 is 23.4 Å². The molecule has 0 saturated heterocycles. The van der Waals surface area contributed by atoms with E-state index in [0.717, 1.165) is 4.90 Å². The smallest absolute Gasteiger partial charge is 0.240 e. The first-order chi connectivity index (χ1) is 15.2. The van der Waals surface area contributed by atoms with Crippen molar-refractivity contribution in [3.63, 3.8) is 0 Å². The zero-order chi connectivity index (χ0) is 23.1. The van der Waals surface area contributed by atoms with Crippen molar-refractivity contribution in [3.05, 3.63) is 94.8 Å². The standard InChI is InChI=1S/C23H22ClFN2O3S2/c1-16(31-22-11-3-2-10-21(22)24)23(28)26-14-18-7-5-9-20(13-18)32(29,30)27-15-17-6-4-8-19(25)12-17/h2-13,16,27H,14-15H2,1H3,(H,26,28). The molecule has 0 radical (unpaired) electrons. The number of sulfonamides is 1. The summed E-state index contributed by atoms with van der Waals surface area (Å²) < 4.78 is 41.0. The Hall–Kier alpha value is -2.39. The van der Waals surface area contributed by atoms with Crippen LogP contribution in [-0.4, -0.2) is 19.6 Å². The number of hydrogen-bond donors (Lipinski definition) is 2. The first kappa shape index (κ1) is 24.3. The highest BCUT2D eigenvalue weighted by molar-refractivity contribution is 8.00. The van der Waals surface area contributed by atoms with E-state index in [1.54, 1.807) is 31.2 Å². The van der Waals surface area contributed by atoms with Crippen molar-refractivity contribution in [2.45, 2.75) is 35.1 Å². The van der Waals surface area contributed by atoms with Crippen molar-refractivity contribution in [1.29, 1.82) is 0 Å². The molecule has 168 valence electrons.